The maximum absolute atomic E-state index is 12.9. The van der Waals surface area contributed by atoms with Crippen LogP contribution in [0.4, 0.5) is 26.3 Å². The average molecular weight is 341 g/mol. The van der Waals surface area contributed by atoms with E-state index in [2.05, 4.69) is 0 Å². The van der Waals surface area contributed by atoms with Crippen molar-refractivity contribution in [3.8, 4) is 0 Å². The molecule has 0 spiro atoms. The van der Waals surface area contributed by atoms with E-state index >= 15 is 0 Å². The van der Waals surface area contributed by atoms with Crippen molar-refractivity contribution in [2.24, 2.45) is 0 Å². The molecule has 0 saturated heterocycles. The van der Waals surface area contributed by atoms with E-state index in [4.69, 9.17) is 10.7 Å². The van der Waals surface area contributed by atoms with E-state index in [0.29, 0.717) is 6.07 Å². The Bertz CT molecular complexity index is 477. The second kappa shape index (κ2) is 4.99. The quantitative estimate of drug-likeness (QED) is 0.782. The molecule has 9 heteroatoms. The van der Waals surface area contributed by atoms with Crippen molar-refractivity contribution in [1.82, 2.24) is 0 Å². The van der Waals surface area contributed by atoms with E-state index in [1.807, 2.05) is 0 Å². The molecule has 0 aliphatic carbocycles. The third-order valence-corrected chi connectivity index (χ3v) is 4.52. The van der Waals surface area contributed by atoms with Gasteiger partial charge in [0.05, 0.1) is 0 Å². The summed E-state index contributed by atoms with van der Waals surface area (Å²) in [6.45, 7) is 0. The first-order chi connectivity index (χ1) is 8.73. The molecule has 116 valence electrons. The van der Waals surface area contributed by atoms with Gasteiger partial charge in [0.2, 0.25) is 0 Å². The fraction of sp³-hybridized carbons (Fsp3) is 0.455. The zero-order valence-corrected chi connectivity index (χ0v) is 11.9. The molecule has 1 N–H and O–H groups in total. The van der Waals surface area contributed by atoms with E-state index in [-0.39, 0.29) is 4.90 Å². The fourth-order valence-electron chi connectivity index (χ4n) is 1.65. The molecule has 1 aromatic carbocycles. The van der Waals surface area contributed by atoms with Crippen LogP contribution < -0.4 is 0 Å². The first-order valence-corrected chi connectivity index (χ1v) is 8.39. The van der Waals surface area contributed by atoms with Gasteiger partial charge in [0.15, 0.2) is 0 Å². The standard InChI is InChI=1S/C11H11ClF6OS/c1-20(2,12)8-6-4-3-5-7(8)9(19,10(13,14)15)11(16,17)18/h3-6,19H,1-2H3. The molecule has 20 heavy (non-hydrogen) atoms. The van der Waals surface area contributed by atoms with Gasteiger partial charge in [-0.25, -0.2) is 0 Å². The number of hydrogen-bond acceptors (Lipinski definition) is 1. The lowest BCUT2D eigenvalue weighted by molar-refractivity contribution is -0.377. The van der Waals surface area contributed by atoms with Crippen molar-refractivity contribution in [1.29, 1.82) is 0 Å². The average Bonchev–Trinajstić information content (AvgIpc) is 2.23. The van der Waals surface area contributed by atoms with Gasteiger partial charge in [-0.2, -0.15) is 26.3 Å². The van der Waals surface area contributed by atoms with Crippen LogP contribution in [-0.2, 0) is 5.60 Å². The summed E-state index contributed by atoms with van der Waals surface area (Å²) in [4.78, 5) is -0.362. The number of benzene rings is 1. The Balaban J connectivity index is 3.70. The molecule has 1 nitrogen and oxygen atoms in total. The highest BCUT2D eigenvalue weighted by Gasteiger charge is 2.72. The van der Waals surface area contributed by atoms with Gasteiger partial charge in [-0.15, -0.1) is 9.24 Å². The molecule has 1 aromatic rings. The van der Waals surface area contributed by atoms with Crippen LogP contribution in [0, 0.1) is 0 Å². The van der Waals surface area contributed by atoms with Gasteiger partial charge in [-0.1, -0.05) is 28.9 Å². The summed E-state index contributed by atoms with van der Waals surface area (Å²) < 4.78 is 77.1. The van der Waals surface area contributed by atoms with E-state index in [1.54, 1.807) is 0 Å². The predicted octanol–water partition coefficient (Wildman–Crippen LogP) is 4.58. The van der Waals surface area contributed by atoms with Crippen LogP contribution in [0.2, 0.25) is 0 Å². The summed E-state index contributed by atoms with van der Waals surface area (Å²) in [5, 5.41) is 9.40. The third-order valence-electron chi connectivity index (χ3n) is 2.62. The largest absolute Gasteiger partial charge is 0.430 e. The minimum atomic E-state index is -5.91. The van der Waals surface area contributed by atoms with Crippen molar-refractivity contribution in [2.75, 3.05) is 12.5 Å². The summed E-state index contributed by atoms with van der Waals surface area (Å²) in [6.07, 6.45) is -9.19. The Morgan fingerprint density at radius 3 is 1.70 bits per heavy atom. The van der Waals surface area contributed by atoms with Gasteiger partial charge in [0.1, 0.15) is 0 Å². The topological polar surface area (TPSA) is 20.2 Å². The number of rotatable bonds is 2. The summed E-state index contributed by atoms with van der Waals surface area (Å²) in [6, 6.07) is 3.90. The maximum atomic E-state index is 12.9. The van der Waals surface area contributed by atoms with E-state index < -0.39 is 32.8 Å². The summed E-state index contributed by atoms with van der Waals surface area (Å²) >= 11 is 0. The van der Waals surface area contributed by atoms with Gasteiger partial charge in [0, 0.05) is 10.5 Å². The monoisotopic (exact) mass is 340 g/mol. The fourth-order valence-corrected chi connectivity index (χ4v) is 3.20. The molecule has 0 radical (unpaired) electrons. The van der Waals surface area contributed by atoms with Crippen molar-refractivity contribution in [2.45, 2.75) is 22.8 Å². The molecular formula is C11H11ClF6OS. The lowest BCUT2D eigenvalue weighted by Crippen LogP contribution is -2.54. The first kappa shape index (κ1) is 17.5. The van der Waals surface area contributed by atoms with Crippen LogP contribution in [0.3, 0.4) is 0 Å². The molecule has 0 bridgehead atoms. The van der Waals surface area contributed by atoms with Crippen LogP contribution in [0.25, 0.3) is 0 Å². The predicted molar refractivity (Wildman–Crippen MR) is 66.0 cm³/mol. The van der Waals surface area contributed by atoms with Crippen LogP contribution in [-0.4, -0.2) is 30.0 Å². The van der Waals surface area contributed by atoms with E-state index in [9.17, 15) is 31.4 Å². The molecular weight excluding hydrogens is 330 g/mol. The minimum absolute atomic E-state index is 0.362. The number of hydrogen-bond donors (Lipinski definition) is 1. The zero-order chi connectivity index (χ0) is 16.0. The van der Waals surface area contributed by atoms with Crippen molar-refractivity contribution >= 4 is 19.9 Å². The molecule has 0 aliphatic rings. The van der Waals surface area contributed by atoms with Gasteiger partial charge in [-0.05, 0) is 18.6 Å². The highest BCUT2D eigenvalue weighted by molar-refractivity contribution is 8.50. The van der Waals surface area contributed by atoms with Gasteiger partial charge >= 0.3 is 12.4 Å². The second-order valence-electron chi connectivity index (χ2n) is 4.40. The summed E-state index contributed by atoms with van der Waals surface area (Å²) in [7, 11) is 3.48. The molecule has 0 heterocycles. The van der Waals surface area contributed by atoms with Crippen LogP contribution in [0.5, 0.6) is 0 Å². The Morgan fingerprint density at radius 1 is 0.950 bits per heavy atom. The molecule has 0 saturated carbocycles. The Morgan fingerprint density at radius 2 is 1.35 bits per heavy atom. The molecule has 0 aliphatic heterocycles. The lowest BCUT2D eigenvalue weighted by Gasteiger charge is -2.36. The Hall–Kier alpha value is -0.600. The molecule has 0 amide bonds. The number of alkyl halides is 6. The molecule has 0 aromatic heterocycles. The molecule has 0 fully saturated rings. The molecule has 1 rings (SSSR count). The van der Waals surface area contributed by atoms with Gasteiger partial charge in [0.25, 0.3) is 5.60 Å². The molecule has 0 atom stereocenters. The van der Waals surface area contributed by atoms with Crippen molar-refractivity contribution in [3.63, 3.8) is 0 Å². The van der Waals surface area contributed by atoms with Crippen molar-refractivity contribution < 1.29 is 31.4 Å². The summed E-state index contributed by atoms with van der Waals surface area (Å²) in [5.74, 6) is 0. The minimum Gasteiger partial charge on any atom is -0.369 e. The first-order valence-electron chi connectivity index (χ1n) is 5.11. The van der Waals surface area contributed by atoms with Gasteiger partial charge in [-0.3, -0.25) is 0 Å². The van der Waals surface area contributed by atoms with E-state index in [1.165, 1.54) is 18.6 Å². The van der Waals surface area contributed by atoms with Crippen LogP contribution in [0.15, 0.2) is 29.2 Å². The zero-order valence-electron chi connectivity index (χ0n) is 10.3. The SMILES string of the molecule is CS(C)(Cl)c1ccccc1C(O)(C(F)(F)F)C(F)(F)F. The highest BCUT2D eigenvalue weighted by atomic mass is 35.7. The van der Waals surface area contributed by atoms with Crippen molar-refractivity contribution in [3.05, 3.63) is 29.8 Å². The van der Waals surface area contributed by atoms with Gasteiger partial charge < -0.3 is 5.11 Å². The lowest BCUT2D eigenvalue weighted by atomic mass is 9.92. The Labute approximate surface area is 117 Å². The number of halogens is 7. The Kier molecular flexibility index (Phi) is 4.36. The maximum Gasteiger partial charge on any atom is 0.430 e. The smallest absolute Gasteiger partial charge is 0.369 e. The van der Waals surface area contributed by atoms with Crippen LogP contribution in [0.1, 0.15) is 5.56 Å². The van der Waals surface area contributed by atoms with Crippen LogP contribution >= 0.6 is 19.9 Å². The highest BCUT2D eigenvalue weighted by Crippen LogP contribution is 2.60. The molecule has 0 unspecified atom stereocenters. The number of aliphatic hydroxyl groups is 1. The normalized spacial score (nSPS) is 15.3. The third kappa shape index (κ3) is 2.87. The summed E-state index contributed by atoms with van der Waals surface area (Å²) in [5.41, 5.74) is -6.23. The second-order valence-corrected chi connectivity index (χ2v) is 9.56. The van der Waals surface area contributed by atoms with E-state index in [0.717, 1.165) is 12.1 Å².